The number of aryl methyl sites for hydroxylation is 2. The highest BCUT2D eigenvalue weighted by Crippen LogP contribution is 2.57. The van der Waals surface area contributed by atoms with Gasteiger partial charge in [-0.2, -0.15) is 0 Å². The van der Waals surface area contributed by atoms with Gasteiger partial charge in [0.1, 0.15) is 5.75 Å². The first-order chi connectivity index (χ1) is 8.84. The fourth-order valence-electron chi connectivity index (χ4n) is 4.95. The summed E-state index contributed by atoms with van der Waals surface area (Å²) in [6.45, 7) is 9.32. The molecule has 1 fully saturated rings. The van der Waals surface area contributed by atoms with Crippen molar-refractivity contribution in [3.63, 3.8) is 0 Å². The van der Waals surface area contributed by atoms with Crippen LogP contribution in [0.4, 0.5) is 0 Å². The van der Waals surface area contributed by atoms with Gasteiger partial charge in [0.25, 0.3) is 0 Å². The summed E-state index contributed by atoms with van der Waals surface area (Å²) in [6, 6.07) is 4.28. The van der Waals surface area contributed by atoms with Crippen LogP contribution in [0.5, 0.6) is 5.75 Å². The number of phenolic OH excluding ortho intramolecular Hbond substituents is 1. The van der Waals surface area contributed by atoms with E-state index in [1.165, 1.54) is 43.2 Å². The molecule has 1 aromatic carbocycles. The molecule has 0 aromatic heterocycles. The molecule has 0 amide bonds. The molecular weight excluding hydrogens is 232 g/mol. The Morgan fingerprint density at radius 2 is 1.89 bits per heavy atom. The summed E-state index contributed by atoms with van der Waals surface area (Å²) in [5.74, 6) is 1.23. The van der Waals surface area contributed by atoms with Crippen molar-refractivity contribution in [3.8, 4) is 5.75 Å². The number of benzene rings is 1. The van der Waals surface area contributed by atoms with Crippen molar-refractivity contribution < 1.29 is 5.11 Å². The van der Waals surface area contributed by atoms with Crippen LogP contribution in [0.1, 0.15) is 63.1 Å². The molecule has 1 aromatic rings. The number of hydrogen-bond acceptors (Lipinski definition) is 1. The lowest BCUT2D eigenvalue weighted by Crippen LogP contribution is -2.47. The monoisotopic (exact) mass is 258 g/mol. The molecule has 3 rings (SSSR count). The van der Waals surface area contributed by atoms with E-state index in [9.17, 15) is 5.11 Å². The van der Waals surface area contributed by atoms with Gasteiger partial charge in [0, 0.05) is 0 Å². The molecule has 0 bridgehead atoms. The second-order valence-corrected chi connectivity index (χ2v) is 7.65. The largest absolute Gasteiger partial charge is 0.508 e. The number of hydrogen-bond donors (Lipinski definition) is 1. The molecule has 1 N–H and O–H groups in total. The van der Waals surface area contributed by atoms with E-state index in [1.807, 2.05) is 6.92 Å². The van der Waals surface area contributed by atoms with Gasteiger partial charge in [-0.05, 0) is 72.1 Å². The SMILES string of the molecule is Cc1cc2c(cc1O)[C@@]1(C)CCCC(C)(C)[C@@H]1CC2. The van der Waals surface area contributed by atoms with E-state index in [1.54, 1.807) is 0 Å². The Labute approximate surface area is 117 Å². The third-order valence-electron chi connectivity index (χ3n) is 5.97. The first kappa shape index (κ1) is 13.0. The minimum absolute atomic E-state index is 0.264. The zero-order valence-corrected chi connectivity index (χ0v) is 12.7. The minimum atomic E-state index is 0.264. The maximum absolute atomic E-state index is 10.1. The summed E-state index contributed by atoms with van der Waals surface area (Å²) in [7, 11) is 0. The molecule has 104 valence electrons. The van der Waals surface area contributed by atoms with E-state index in [-0.39, 0.29) is 5.41 Å². The van der Waals surface area contributed by atoms with Crippen LogP contribution in [0, 0.1) is 18.3 Å². The normalized spacial score (nSPS) is 32.5. The summed E-state index contributed by atoms with van der Waals surface area (Å²) < 4.78 is 0. The minimum Gasteiger partial charge on any atom is -0.508 e. The summed E-state index contributed by atoms with van der Waals surface area (Å²) in [5, 5.41) is 10.1. The summed E-state index contributed by atoms with van der Waals surface area (Å²) in [6.07, 6.45) is 6.42. The van der Waals surface area contributed by atoms with Crippen LogP contribution in [0.3, 0.4) is 0 Å². The Hall–Kier alpha value is -0.980. The van der Waals surface area contributed by atoms with Crippen LogP contribution < -0.4 is 0 Å². The Balaban J connectivity index is 2.14. The van der Waals surface area contributed by atoms with Crippen molar-refractivity contribution in [2.24, 2.45) is 11.3 Å². The second-order valence-electron chi connectivity index (χ2n) is 7.65. The van der Waals surface area contributed by atoms with Gasteiger partial charge in [-0.3, -0.25) is 0 Å². The lowest BCUT2D eigenvalue weighted by atomic mass is 9.50. The Kier molecular flexibility index (Phi) is 2.75. The number of rotatable bonds is 0. The quantitative estimate of drug-likeness (QED) is 0.713. The molecule has 1 heteroatoms. The third-order valence-corrected chi connectivity index (χ3v) is 5.97. The van der Waals surface area contributed by atoms with Crippen molar-refractivity contribution in [1.29, 1.82) is 0 Å². The smallest absolute Gasteiger partial charge is 0.118 e. The Morgan fingerprint density at radius 3 is 2.63 bits per heavy atom. The van der Waals surface area contributed by atoms with Crippen molar-refractivity contribution >= 4 is 0 Å². The average molecular weight is 258 g/mol. The molecule has 0 radical (unpaired) electrons. The van der Waals surface area contributed by atoms with E-state index >= 15 is 0 Å². The number of aromatic hydroxyl groups is 1. The molecule has 0 heterocycles. The molecule has 0 aliphatic heterocycles. The molecule has 1 saturated carbocycles. The molecule has 0 unspecified atom stereocenters. The van der Waals surface area contributed by atoms with Crippen molar-refractivity contribution in [1.82, 2.24) is 0 Å². The van der Waals surface area contributed by atoms with Crippen LogP contribution in [-0.2, 0) is 11.8 Å². The zero-order valence-electron chi connectivity index (χ0n) is 12.7. The topological polar surface area (TPSA) is 20.2 Å². The first-order valence-corrected chi connectivity index (χ1v) is 7.67. The predicted molar refractivity (Wildman–Crippen MR) is 79.6 cm³/mol. The van der Waals surface area contributed by atoms with E-state index < -0.39 is 0 Å². The zero-order chi connectivity index (χ0) is 13.8. The molecule has 2 atom stereocenters. The van der Waals surface area contributed by atoms with E-state index in [0.717, 1.165) is 11.5 Å². The van der Waals surface area contributed by atoms with Gasteiger partial charge in [0.2, 0.25) is 0 Å². The highest BCUT2D eigenvalue weighted by molar-refractivity contribution is 5.47. The molecule has 19 heavy (non-hydrogen) atoms. The Bertz CT molecular complexity index is 515. The maximum Gasteiger partial charge on any atom is 0.118 e. The summed E-state index contributed by atoms with van der Waals surface area (Å²) in [4.78, 5) is 0. The van der Waals surface area contributed by atoms with Gasteiger partial charge in [0.15, 0.2) is 0 Å². The molecule has 2 aliphatic carbocycles. The highest BCUT2D eigenvalue weighted by Gasteiger charge is 2.49. The van der Waals surface area contributed by atoms with E-state index in [0.29, 0.717) is 11.2 Å². The molecule has 0 spiro atoms. The molecular formula is C18H26O. The Morgan fingerprint density at radius 1 is 1.16 bits per heavy atom. The lowest BCUT2D eigenvalue weighted by Gasteiger charge is -2.54. The fourth-order valence-corrected chi connectivity index (χ4v) is 4.95. The summed E-state index contributed by atoms with van der Waals surface area (Å²) >= 11 is 0. The highest BCUT2D eigenvalue weighted by atomic mass is 16.3. The lowest BCUT2D eigenvalue weighted by molar-refractivity contribution is 0.0405. The first-order valence-electron chi connectivity index (χ1n) is 7.67. The second kappa shape index (κ2) is 4.01. The standard InChI is InChI=1S/C18H26O/c1-12-10-13-6-7-16-17(2,3)8-5-9-18(16,4)14(13)11-15(12)19/h10-11,16,19H,5-9H2,1-4H3/t16-,18+/m0/s1. The molecule has 0 saturated heterocycles. The van der Waals surface area contributed by atoms with Crippen LogP contribution in [0.15, 0.2) is 12.1 Å². The van der Waals surface area contributed by atoms with Crippen LogP contribution in [0.2, 0.25) is 0 Å². The van der Waals surface area contributed by atoms with Crippen molar-refractivity contribution in [2.75, 3.05) is 0 Å². The third kappa shape index (κ3) is 1.81. The van der Waals surface area contributed by atoms with Crippen LogP contribution in [0.25, 0.3) is 0 Å². The van der Waals surface area contributed by atoms with Gasteiger partial charge in [0.05, 0.1) is 0 Å². The van der Waals surface area contributed by atoms with Crippen LogP contribution in [-0.4, -0.2) is 5.11 Å². The van der Waals surface area contributed by atoms with Crippen LogP contribution >= 0.6 is 0 Å². The van der Waals surface area contributed by atoms with Gasteiger partial charge in [-0.1, -0.05) is 33.3 Å². The fraction of sp³-hybridized carbons (Fsp3) is 0.667. The number of phenols is 1. The summed E-state index contributed by atoms with van der Waals surface area (Å²) in [5.41, 5.74) is 4.63. The predicted octanol–water partition coefficient (Wildman–Crippen LogP) is 4.73. The average Bonchev–Trinajstić information content (AvgIpc) is 2.30. The molecule has 2 aliphatic rings. The van der Waals surface area contributed by atoms with E-state index in [2.05, 4.69) is 32.9 Å². The van der Waals surface area contributed by atoms with Crippen molar-refractivity contribution in [3.05, 3.63) is 28.8 Å². The van der Waals surface area contributed by atoms with Gasteiger partial charge in [-0.25, -0.2) is 0 Å². The van der Waals surface area contributed by atoms with Gasteiger partial charge < -0.3 is 5.11 Å². The molecule has 1 nitrogen and oxygen atoms in total. The van der Waals surface area contributed by atoms with Gasteiger partial charge >= 0.3 is 0 Å². The maximum atomic E-state index is 10.1. The number of fused-ring (bicyclic) bond motifs is 3. The van der Waals surface area contributed by atoms with Crippen molar-refractivity contribution in [2.45, 2.75) is 65.2 Å². The van der Waals surface area contributed by atoms with E-state index in [4.69, 9.17) is 0 Å². The van der Waals surface area contributed by atoms with Gasteiger partial charge in [-0.15, -0.1) is 0 Å².